The normalized spacial score (nSPS) is 23.1. The van der Waals surface area contributed by atoms with E-state index in [4.69, 9.17) is 5.73 Å². The van der Waals surface area contributed by atoms with Crippen molar-refractivity contribution in [1.29, 1.82) is 0 Å². The lowest BCUT2D eigenvalue weighted by Crippen LogP contribution is -2.38. The third-order valence-electron chi connectivity index (χ3n) is 3.29. The molecule has 2 amide bonds. The second-order valence-electron chi connectivity index (χ2n) is 4.75. The molecule has 0 aliphatic carbocycles. The van der Waals surface area contributed by atoms with Crippen molar-refractivity contribution in [2.75, 3.05) is 13.1 Å². The number of carbonyl (C=O) groups excluding carboxylic acids is 2. The molecule has 96 valence electrons. The largest absolute Gasteiger partial charge is 0.369 e. The number of nitrogens with zero attached hydrogens (tertiary/aromatic N) is 2. The number of rotatable bonds is 2. The molecule has 2 heterocycles. The van der Waals surface area contributed by atoms with Crippen LogP contribution in [-0.4, -0.2) is 34.8 Å². The zero-order chi connectivity index (χ0) is 13.3. The van der Waals surface area contributed by atoms with Crippen LogP contribution < -0.4 is 5.73 Å². The number of hydrogen-bond acceptors (Lipinski definition) is 3. The molecule has 6 heteroatoms. The number of primary amides is 1. The molecule has 1 saturated heterocycles. The average molecular weight is 251 g/mol. The second kappa shape index (κ2) is 4.36. The van der Waals surface area contributed by atoms with Crippen LogP contribution in [0.5, 0.6) is 0 Å². The maximum Gasteiger partial charge on any atom is 0.272 e. The average Bonchev–Trinajstić information content (AvgIpc) is 2.72. The summed E-state index contributed by atoms with van der Waals surface area (Å²) in [4.78, 5) is 28.4. The summed E-state index contributed by atoms with van der Waals surface area (Å²) in [7, 11) is 0. The summed E-state index contributed by atoms with van der Waals surface area (Å²) < 4.78 is 12.9. The highest BCUT2D eigenvalue weighted by molar-refractivity contribution is 5.93. The van der Waals surface area contributed by atoms with Crippen LogP contribution in [0.2, 0.25) is 0 Å². The van der Waals surface area contributed by atoms with Gasteiger partial charge in [-0.05, 0) is 25.5 Å². The van der Waals surface area contributed by atoms with E-state index in [0.29, 0.717) is 13.0 Å². The first-order chi connectivity index (χ1) is 8.42. The molecule has 18 heavy (non-hydrogen) atoms. The number of hydrogen-bond donors (Lipinski definition) is 1. The van der Waals surface area contributed by atoms with Crippen LogP contribution in [0, 0.1) is 11.4 Å². The Morgan fingerprint density at radius 1 is 1.50 bits per heavy atom. The van der Waals surface area contributed by atoms with Crippen LogP contribution in [0.15, 0.2) is 18.2 Å². The van der Waals surface area contributed by atoms with Crippen LogP contribution in [0.25, 0.3) is 0 Å². The molecule has 0 radical (unpaired) electrons. The Bertz CT molecular complexity index is 506. The van der Waals surface area contributed by atoms with Crippen molar-refractivity contribution in [3.8, 4) is 0 Å². The lowest BCUT2D eigenvalue weighted by Gasteiger charge is -2.20. The Morgan fingerprint density at radius 2 is 2.22 bits per heavy atom. The third-order valence-corrected chi connectivity index (χ3v) is 3.29. The lowest BCUT2D eigenvalue weighted by atomic mass is 9.89. The van der Waals surface area contributed by atoms with E-state index in [2.05, 4.69) is 4.98 Å². The standard InChI is InChI=1S/C12H14FN3O2/c1-12(11(14)18)5-6-16(7-12)10(17)8-3-2-4-9(13)15-8/h2-4H,5-7H2,1H3,(H2,14,18). The number of pyridine rings is 1. The van der Waals surface area contributed by atoms with E-state index >= 15 is 0 Å². The fourth-order valence-electron chi connectivity index (χ4n) is 2.02. The van der Waals surface area contributed by atoms with Gasteiger partial charge in [-0.2, -0.15) is 4.39 Å². The van der Waals surface area contributed by atoms with Crippen molar-refractivity contribution in [3.05, 3.63) is 29.8 Å². The molecule has 0 bridgehead atoms. The molecular formula is C12H14FN3O2. The molecule has 1 atom stereocenters. The topological polar surface area (TPSA) is 76.3 Å². The van der Waals surface area contributed by atoms with Crippen molar-refractivity contribution >= 4 is 11.8 Å². The first-order valence-corrected chi connectivity index (χ1v) is 5.64. The summed E-state index contributed by atoms with van der Waals surface area (Å²) in [6.45, 7) is 2.40. The molecule has 0 aromatic carbocycles. The quantitative estimate of drug-likeness (QED) is 0.780. The van der Waals surface area contributed by atoms with E-state index in [-0.39, 0.29) is 18.1 Å². The summed E-state index contributed by atoms with van der Waals surface area (Å²) in [5.41, 5.74) is 4.64. The molecular weight excluding hydrogens is 237 g/mol. The van der Waals surface area contributed by atoms with E-state index in [1.54, 1.807) is 6.92 Å². The van der Waals surface area contributed by atoms with Gasteiger partial charge in [0.2, 0.25) is 11.9 Å². The molecule has 1 aromatic heterocycles. The molecule has 1 unspecified atom stereocenters. The molecule has 2 N–H and O–H groups in total. The van der Waals surface area contributed by atoms with Gasteiger partial charge in [-0.25, -0.2) is 4.98 Å². The highest BCUT2D eigenvalue weighted by Crippen LogP contribution is 2.30. The maximum absolute atomic E-state index is 12.9. The molecule has 0 spiro atoms. The maximum atomic E-state index is 12.9. The predicted octanol–water partition coefficient (Wildman–Crippen LogP) is 0.558. The molecule has 0 saturated carbocycles. The lowest BCUT2D eigenvalue weighted by molar-refractivity contribution is -0.126. The minimum atomic E-state index is -0.705. The SMILES string of the molecule is CC1(C(N)=O)CCN(C(=O)c2cccc(F)n2)C1. The van der Waals surface area contributed by atoms with Gasteiger partial charge in [-0.1, -0.05) is 6.07 Å². The van der Waals surface area contributed by atoms with Gasteiger partial charge in [0, 0.05) is 13.1 Å². The first kappa shape index (κ1) is 12.5. The van der Waals surface area contributed by atoms with Crippen LogP contribution >= 0.6 is 0 Å². The van der Waals surface area contributed by atoms with Crippen LogP contribution in [-0.2, 0) is 4.79 Å². The molecule has 1 aromatic rings. The van der Waals surface area contributed by atoms with Crippen molar-refractivity contribution in [1.82, 2.24) is 9.88 Å². The number of nitrogens with two attached hydrogens (primary N) is 1. The monoisotopic (exact) mass is 251 g/mol. The number of likely N-dealkylation sites (tertiary alicyclic amines) is 1. The van der Waals surface area contributed by atoms with Gasteiger partial charge in [0.15, 0.2) is 0 Å². The minimum absolute atomic E-state index is 0.0451. The van der Waals surface area contributed by atoms with Crippen molar-refractivity contribution < 1.29 is 14.0 Å². The number of aromatic nitrogens is 1. The number of halogens is 1. The first-order valence-electron chi connectivity index (χ1n) is 5.64. The molecule has 1 aliphatic rings. The Labute approximate surface area is 104 Å². The zero-order valence-corrected chi connectivity index (χ0v) is 10.0. The highest BCUT2D eigenvalue weighted by Gasteiger charge is 2.41. The van der Waals surface area contributed by atoms with Crippen LogP contribution in [0.3, 0.4) is 0 Å². The van der Waals surface area contributed by atoms with Crippen molar-refractivity contribution in [3.63, 3.8) is 0 Å². The fourth-order valence-corrected chi connectivity index (χ4v) is 2.02. The molecule has 1 aliphatic heterocycles. The Kier molecular flexibility index (Phi) is 3.02. The Hall–Kier alpha value is -1.98. The van der Waals surface area contributed by atoms with E-state index in [1.807, 2.05) is 0 Å². The highest BCUT2D eigenvalue weighted by atomic mass is 19.1. The van der Waals surface area contributed by atoms with Crippen molar-refractivity contribution in [2.24, 2.45) is 11.1 Å². The third kappa shape index (κ3) is 2.18. The number of carbonyl (C=O) groups is 2. The van der Waals surface area contributed by atoms with Gasteiger partial charge >= 0.3 is 0 Å². The smallest absolute Gasteiger partial charge is 0.272 e. The van der Waals surface area contributed by atoms with Gasteiger partial charge < -0.3 is 10.6 Å². The Balaban J connectivity index is 2.15. The molecule has 2 rings (SSSR count). The fraction of sp³-hybridized carbons (Fsp3) is 0.417. The summed E-state index contributed by atoms with van der Waals surface area (Å²) in [5.74, 6) is -1.50. The summed E-state index contributed by atoms with van der Waals surface area (Å²) in [6.07, 6.45) is 0.517. The summed E-state index contributed by atoms with van der Waals surface area (Å²) >= 11 is 0. The van der Waals surface area contributed by atoms with E-state index in [9.17, 15) is 14.0 Å². The van der Waals surface area contributed by atoms with Gasteiger partial charge in [0.05, 0.1) is 5.41 Å². The summed E-state index contributed by atoms with van der Waals surface area (Å²) in [5, 5.41) is 0. The van der Waals surface area contributed by atoms with E-state index < -0.39 is 17.3 Å². The van der Waals surface area contributed by atoms with E-state index in [1.165, 1.54) is 23.1 Å². The second-order valence-corrected chi connectivity index (χ2v) is 4.75. The van der Waals surface area contributed by atoms with Crippen LogP contribution in [0.1, 0.15) is 23.8 Å². The Morgan fingerprint density at radius 3 is 2.78 bits per heavy atom. The van der Waals surface area contributed by atoms with Crippen LogP contribution in [0.4, 0.5) is 4.39 Å². The zero-order valence-electron chi connectivity index (χ0n) is 10.0. The van der Waals surface area contributed by atoms with Gasteiger partial charge in [-0.15, -0.1) is 0 Å². The van der Waals surface area contributed by atoms with Gasteiger partial charge in [0.1, 0.15) is 5.69 Å². The minimum Gasteiger partial charge on any atom is -0.369 e. The van der Waals surface area contributed by atoms with Gasteiger partial charge in [-0.3, -0.25) is 9.59 Å². The molecule has 5 nitrogen and oxygen atoms in total. The van der Waals surface area contributed by atoms with Crippen molar-refractivity contribution in [2.45, 2.75) is 13.3 Å². The van der Waals surface area contributed by atoms with Gasteiger partial charge in [0.25, 0.3) is 5.91 Å². The summed E-state index contributed by atoms with van der Waals surface area (Å²) in [6, 6.07) is 4.05. The molecule has 1 fully saturated rings. The predicted molar refractivity (Wildman–Crippen MR) is 62.0 cm³/mol. The number of amides is 2. The van der Waals surface area contributed by atoms with E-state index in [0.717, 1.165) is 0 Å².